The van der Waals surface area contributed by atoms with E-state index in [2.05, 4.69) is 5.32 Å². The molecule has 2 amide bonds. The topological polar surface area (TPSA) is 124 Å². The van der Waals surface area contributed by atoms with Crippen molar-refractivity contribution in [3.63, 3.8) is 0 Å². The molecule has 0 unspecified atom stereocenters. The van der Waals surface area contributed by atoms with E-state index in [0.717, 1.165) is 4.31 Å². The standard InChI is InChI=1S/C16H21N3O6S/c1-2-18(9-7-15(21)22)16(23)12-3-5-13(6-4-12)26(24,25)19-10-8-17-14(20)11-19/h3-6H,2,7-11H2,1H3,(H,17,20)(H,21,22). The smallest absolute Gasteiger partial charge is 0.305 e. The number of rotatable bonds is 7. The van der Waals surface area contributed by atoms with Gasteiger partial charge in [-0.2, -0.15) is 4.31 Å². The van der Waals surface area contributed by atoms with Crippen molar-refractivity contribution in [2.24, 2.45) is 0 Å². The second-order valence-corrected chi connectivity index (χ2v) is 7.68. The number of aliphatic carboxylic acids is 1. The molecule has 0 aliphatic carbocycles. The minimum Gasteiger partial charge on any atom is -0.481 e. The molecule has 1 saturated heterocycles. The van der Waals surface area contributed by atoms with Gasteiger partial charge in [0.2, 0.25) is 15.9 Å². The van der Waals surface area contributed by atoms with Gasteiger partial charge in [0.15, 0.2) is 0 Å². The highest BCUT2D eigenvalue weighted by Crippen LogP contribution is 2.18. The van der Waals surface area contributed by atoms with Crippen LogP contribution in [0.15, 0.2) is 29.2 Å². The highest BCUT2D eigenvalue weighted by atomic mass is 32.2. The van der Waals surface area contributed by atoms with Crippen LogP contribution >= 0.6 is 0 Å². The first-order valence-corrected chi connectivity index (χ1v) is 9.57. The van der Waals surface area contributed by atoms with Crippen LogP contribution in [0.5, 0.6) is 0 Å². The summed E-state index contributed by atoms with van der Waals surface area (Å²) in [6, 6.07) is 5.42. The van der Waals surface area contributed by atoms with E-state index >= 15 is 0 Å². The van der Waals surface area contributed by atoms with Gasteiger partial charge in [0.1, 0.15) is 0 Å². The summed E-state index contributed by atoms with van der Waals surface area (Å²) in [5, 5.41) is 11.3. The van der Waals surface area contributed by atoms with Crippen molar-refractivity contribution in [3.05, 3.63) is 29.8 Å². The second-order valence-electron chi connectivity index (χ2n) is 5.74. The van der Waals surface area contributed by atoms with Gasteiger partial charge in [0, 0.05) is 31.7 Å². The minimum absolute atomic E-state index is 0.00247. The van der Waals surface area contributed by atoms with Crippen LogP contribution in [0.4, 0.5) is 0 Å². The third kappa shape index (κ3) is 4.58. The van der Waals surface area contributed by atoms with Crippen molar-refractivity contribution in [1.82, 2.24) is 14.5 Å². The highest BCUT2D eigenvalue weighted by Gasteiger charge is 2.29. The average Bonchev–Trinajstić information content (AvgIpc) is 2.62. The Morgan fingerprint density at radius 3 is 2.46 bits per heavy atom. The zero-order valence-electron chi connectivity index (χ0n) is 14.3. The van der Waals surface area contributed by atoms with Gasteiger partial charge in [0.05, 0.1) is 17.9 Å². The maximum absolute atomic E-state index is 12.6. The SMILES string of the molecule is CCN(CCC(=O)O)C(=O)c1ccc(S(=O)(=O)N2CCNC(=O)C2)cc1. The average molecular weight is 383 g/mol. The monoisotopic (exact) mass is 383 g/mol. The Morgan fingerprint density at radius 1 is 1.27 bits per heavy atom. The molecule has 2 N–H and O–H groups in total. The zero-order chi connectivity index (χ0) is 19.3. The fourth-order valence-electron chi connectivity index (χ4n) is 2.56. The molecule has 0 spiro atoms. The molecular weight excluding hydrogens is 362 g/mol. The van der Waals surface area contributed by atoms with Gasteiger partial charge in [-0.3, -0.25) is 14.4 Å². The predicted molar refractivity (Wildman–Crippen MR) is 92.0 cm³/mol. The highest BCUT2D eigenvalue weighted by molar-refractivity contribution is 7.89. The summed E-state index contributed by atoms with van der Waals surface area (Å²) in [5.41, 5.74) is 0.271. The van der Waals surface area contributed by atoms with Crippen LogP contribution in [-0.2, 0) is 19.6 Å². The van der Waals surface area contributed by atoms with E-state index < -0.39 is 16.0 Å². The first-order chi connectivity index (χ1) is 12.3. The molecule has 1 aromatic rings. The van der Waals surface area contributed by atoms with Crippen LogP contribution in [0.1, 0.15) is 23.7 Å². The number of hydrogen-bond donors (Lipinski definition) is 2. The van der Waals surface area contributed by atoms with Gasteiger partial charge in [0.25, 0.3) is 5.91 Å². The van der Waals surface area contributed by atoms with Crippen LogP contribution in [0.25, 0.3) is 0 Å². The Hall–Kier alpha value is -2.46. The molecule has 9 nitrogen and oxygen atoms in total. The summed E-state index contributed by atoms with van der Waals surface area (Å²) in [4.78, 5) is 35.9. The summed E-state index contributed by atoms with van der Waals surface area (Å²) in [6.07, 6.45) is -0.164. The first-order valence-electron chi connectivity index (χ1n) is 8.13. The molecule has 1 fully saturated rings. The van der Waals surface area contributed by atoms with Crippen molar-refractivity contribution in [3.8, 4) is 0 Å². The van der Waals surface area contributed by atoms with Gasteiger partial charge >= 0.3 is 5.97 Å². The van der Waals surface area contributed by atoms with Crippen molar-refractivity contribution < 1.29 is 27.9 Å². The molecule has 26 heavy (non-hydrogen) atoms. The molecule has 2 rings (SSSR count). The lowest BCUT2D eigenvalue weighted by atomic mass is 10.2. The number of carbonyl (C=O) groups excluding carboxylic acids is 2. The number of nitrogens with zero attached hydrogens (tertiary/aromatic N) is 2. The van der Waals surface area contributed by atoms with Gasteiger partial charge in [-0.1, -0.05) is 0 Å². The molecule has 1 aliphatic rings. The first kappa shape index (κ1) is 19.9. The summed E-state index contributed by atoms with van der Waals surface area (Å²) in [5.74, 6) is -1.72. The Balaban J connectivity index is 2.15. The molecule has 1 aromatic carbocycles. The van der Waals surface area contributed by atoms with E-state index in [1.165, 1.54) is 29.2 Å². The molecule has 1 heterocycles. The van der Waals surface area contributed by atoms with E-state index in [9.17, 15) is 22.8 Å². The Labute approximate surface area is 151 Å². The molecule has 0 atom stereocenters. The number of hydrogen-bond acceptors (Lipinski definition) is 5. The van der Waals surface area contributed by atoms with Crippen LogP contribution in [0.3, 0.4) is 0 Å². The lowest BCUT2D eigenvalue weighted by Gasteiger charge is -2.26. The van der Waals surface area contributed by atoms with Gasteiger partial charge in [-0.25, -0.2) is 8.42 Å². The van der Waals surface area contributed by atoms with Crippen molar-refractivity contribution in [1.29, 1.82) is 0 Å². The van der Waals surface area contributed by atoms with Crippen LogP contribution in [0, 0.1) is 0 Å². The summed E-state index contributed by atoms with van der Waals surface area (Å²) in [6.45, 7) is 2.36. The number of benzene rings is 1. The summed E-state index contributed by atoms with van der Waals surface area (Å²) < 4.78 is 26.2. The third-order valence-corrected chi connectivity index (χ3v) is 5.87. The quantitative estimate of drug-likeness (QED) is 0.669. The fourth-order valence-corrected chi connectivity index (χ4v) is 3.95. The Bertz CT molecular complexity index is 791. The molecule has 0 aromatic heterocycles. The largest absolute Gasteiger partial charge is 0.481 e. The zero-order valence-corrected chi connectivity index (χ0v) is 15.2. The minimum atomic E-state index is -3.81. The number of amides is 2. The molecule has 10 heteroatoms. The maximum Gasteiger partial charge on any atom is 0.305 e. The second kappa shape index (κ2) is 8.28. The molecule has 0 saturated carbocycles. The van der Waals surface area contributed by atoms with Crippen LogP contribution in [0.2, 0.25) is 0 Å². The van der Waals surface area contributed by atoms with E-state index in [4.69, 9.17) is 5.11 Å². The molecule has 1 aliphatic heterocycles. The Kier molecular flexibility index (Phi) is 6.32. The van der Waals surface area contributed by atoms with E-state index in [0.29, 0.717) is 6.54 Å². The lowest BCUT2D eigenvalue weighted by molar-refractivity contribution is -0.137. The third-order valence-electron chi connectivity index (χ3n) is 4.01. The number of carbonyl (C=O) groups is 3. The molecular formula is C16H21N3O6S. The van der Waals surface area contributed by atoms with Gasteiger partial charge in [-0.05, 0) is 31.2 Å². The molecule has 0 radical (unpaired) electrons. The van der Waals surface area contributed by atoms with Crippen molar-refractivity contribution >= 4 is 27.8 Å². The van der Waals surface area contributed by atoms with Crippen molar-refractivity contribution in [2.75, 3.05) is 32.7 Å². The van der Waals surface area contributed by atoms with Crippen molar-refractivity contribution in [2.45, 2.75) is 18.2 Å². The van der Waals surface area contributed by atoms with Gasteiger partial charge in [-0.15, -0.1) is 0 Å². The maximum atomic E-state index is 12.6. The van der Waals surface area contributed by atoms with E-state index in [1.54, 1.807) is 6.92 Å². The Morgan fingerprint density at radius 2 is 1.92 bits per heavy atom. The number of piperazine rings is 1. The van der Waals surface area contributed by atoms with Crippen LogP contribution < -0.4 is 5.32 Å². The summed E-state index contributed by atoms with van der Waals surface area (Å²) >= 11 is 0. The van der Waals surface area contributed by atoms with Gasteiger partial charge < -0.3 is 15.3 Å². The molecule has 0 bridgehead atoms. The molecule has 142 valence electrons. The number of carboxylic acid groups (broad SMARTS) is 1. The fraction of sp³-hybridized carbons (Fsp3) is 0.438. The number of nitrogens with one attached hydrogen (secondary N) is 1. The normalized spacial score (nSPS) is 15.3. The summed E-state index contributed by atoms with van der Waals surface area (Å²) in [7, 11) is -3.81. The lowest BCUT2D eigenvalue weighted by Crippen LogP contribution is -2.49. The predicted octanol–water partition coefficient (Wildman–Crippen LogP) is -0.256. The van der Waals surface area contributed by atoms with E-state index in [1.807, 2.05) is 0 Å². The van der Waals surface area contributed by atoms with E-state index in [-0.39, 0.29) is 54.9 Å². The van der Waals surface area contributed by atoms with Crippen LogP contribution in [-0.4, -0.2) is 73.2 Å². The number of sulfonamides is 1. The number of carboxylic acids is 1.